The second-order valence-corrected chi connectivity index (χ2v) is 5.14. The third-order valence-corrected chi connectivity index (χ3v) is 3.17. The van der Waals surface area contributed by atoms with Gasteiger partial charge in [0, 0.05) is 11.6 Å². The van der Waals surface area contributed by atoms with E-state index in [4.69, 9.17) is 18.9 Å². The van der Waals surface area contributed by atoms with Gasteiger partial charge in [0.05, 0.1) is 13.5 Å². The third-order valence-electron chi connectivity index (χ3n) is 3.17. The Kier molecular flexibility index (Phi) is 6.27. The highest BCUT2D eigenvalue weighted by Crippen LogP contribution is 2.29. The summed E-state index contributed by atoms with van der Waals surface area (Å²) in [7, 11) is 0. The Balaban J connectivity index is 2.83. The molecule has 24 heavy (non-hydrogen) atoms. The van der Waals surface area contributed by atoms with Crippen LogP contribution in [0.2, 0.25) is 0 Å². The van der Waals surface area contributed by atoms with Crippen molar-refractivity contribution in [2.24, 2.45) is 5.92 Å². The summed E-state index contributed by atoms with van der Waals surface area (Å²) in [4.78, 5) is 47.2. The summed E-state index contributed by atoms with van der Waals surface area (Å²) >= 11 is 0. The number of ether oxygens (including phenoxy) is 4. The third kappa shape index (κ3) is 4.68. The number of carbonyl (C=O) groups excluding carboxylic acids is 4. The van der Waals surface area contributed by atoms with Gasteiger partial charge in [0.15, 0.2) is 5.92 Å². The quantitative estimate of drug-likeness (QED) is 0.320. The summed E-state index contributed by atoms with van der Waals surface area (Å²) in [6.07, 6.45) is 2.43. The maximum absolute atomic E-state index is 12.0. The molecule has 132 valence electrons. The van der Waals surface area contributed by atoms with Crippen LogP contribution in [0.3, 0.4) is 0 Å². The van der Waals surface area contributed by atoms with Crippen LogP contribution in [-0.2, 0) is 38.1 Å². The first-order valence-corrected chi connectivity index (χ1v) is 7.30. The first-order valence-electron chi connectivity index (χ1n) is 7.30. The van der Waals surface area contributed by atoms with Crippen molar-refractivity contribution in [1.82, 2.24) is 0 Å². The Labute approximate surface area is 139 Å². The molecule has 0 atom stereocenters. The summed E-state index contributed by atoms with van der Waals surface area (Å²) in [5.41, 5.74) is 0.443. The lowest BCUT2D eigenvalue weighted by atomic mass is 10.00. The van der Waals surface area contributed by atoms with E-state index in [1.54, 1.807) is 26.8 Å². The van der Waals surface area contributed by atoms with E-state index in [2.05, 4.69) is 0 Å². The van der Waals surface area contributed by atoms with E-state index >= 15 is 0 Å². The highest BCUT2D eigenvalue weighted by molar-refractivity contribution is 6.00. The summed E-state index contributed by atoms with van der Waals surface area (Å²) in [5, 5.41) is 0. The van der Waals surface area contributed by atoms with Gasteiger partial charge in [-0.15, -0.1) is 0 Å². The fourth-order valence-corrected chi connectivity index (χ4v) is 1.87. The molecule has 1 aliphatic rings. The van der Waals surface area contributed by atoms with Gasteiger partial charge in [0.1, 0.15) is 0 Å². The van der Waals surface area contributed by atoms with Crippen LogP contribution in [0.5, 0.6) is 0 Å². The molecule has 0 N–H and O–H groups in total. The SMILES string of the molecule is C/C=C(\C)C1C(=O)OC(C)(OC(=O)/C=C(\C)C(=O)OCC)OC1=O. The van der Waals surface area contributed by atoms with E-state index in [1.165, 1.54) is 6.92 Å². The zero-order valence-electron chi connectivity index (χ0n) is 14.2. The molecule has 0 aromatic carbocycles. The minimum absolute atomic E-state index is 0.0125. The average Bonchev–Trinajstić information content (AvgIpc) is 2.45. The van der Waals surface area contributed by atoms with Gasteiger partial charge < -0.3 is 18.9 Å². The van der Waals surface area contributed by atoms with Crippen LogP contribution in [0.25, 0.3) is 0 Å². The molecule has 8 nitrogen and oxygen atoms in total. The van der Waals surface area contributed by atoms with Crippen molar-refractivity contribution in [3.8, 4) is 0 Å². The largest absolute Gasteiger partial charge is 0.463 e. The molecule has 0 amide bonds. The van der Waals surface area contributed by atoms with E-state index in [-0.39, 0.29) is 12.2 Å². The molecule has 8 heteroatoms. The van der Waals surface area contributed by atoms with Crippen molar-refractivity contribution >= 4 is 23.9 Å². The standard InChI is InChI=1S/C16H20O8/c1-6-9(3)12-14(19)23-16(5,24-15(12)20)22-11(17)8-10(4)13(18)21-7-2/h6,8,12H,7H2,1-5H3/b9-6+,10-8+. The van der Waals surface area contributed by atoms with Crippen molar-refractivity contribution in [1.29, 1.82) is 0 Å². The zero-order valence-corrected chi connectivity index (χ0v) is 14.2. The summed E-state index contributed by atoms with van der Waals surface area (Å²) in [6.45, 7) is 7.47. The highest BCUT2D eigenvalue weighted by atomic mass is 16.9. The number of cyclic esters (lactones) is 2. The smallest absolute Gasteiger partial charge is 0.420 e. The minimum Gasteiger partial charge on any atom is -0.463 e. The summed E-state index contributed by atoms with van der Waals surface area (Å²) in [6, 6.07) is 0. The number of esters is 4. The second kappa shape index (κ2) is 7.76. The summed E-state index contributed by atoms with van der Waals surface area (Å²) < 4.78 is 19.4. The lowest BCUT2D eigenvalue weighted by Crippen LogP contribution is -2.50. The number of hydrogen-bond acceptors (Lipinski definition) is 8. The predicted molar refractivity (Wildman–Crippen MR) is 80.0 cm³/mol. The van der Waals surface area contributed by atoms with Crippen molar-refractivity contribution in [2.45, 2.75) is 40.6 Å². The molecule has 0 radical (unpaired) electrons. The molecule has 1 aliphatic heterocycles. The lowest BCUT2D eigenvalue weighted by Gasteiger charge is -2.34. The highest BCUT2D eigenvalue weighted by Gasteiger charge is 2.49. The van der Waals surface area contributed by atoms with E-state index in [0.717, 1.165) is 13.0 Å². The van der Waals surface area contributed by atoms with Gasteiger partial charge in [-0.05, 0) is 27.7 Å². The van der Waals surface area contributed by atoms with Crippen LogP contribution < -0.4 is 0 Å². The maximum Gasteiger partial charge on any atom is 0.420 e. The molecule has 0 aromatic rings. The predicted octanol–water partition coefficient (Wildman–Crippen LogP) is 1.40. The molecule has 0 spiro atoms. The summed E-state index contributed by atoms with van der Waals surface area (Å²) in [5.74, 6) is -6.88. The topological polar surface area (TPSA) is 105 Å². The zero-order chi connectivity index (χ0) is 18.5. The van der Waals surface area contributed by atoms with Crippen LogP contribution in [0.4, 0.5) is 0 Å². The van der Waals surface area contributed by atoms with Gasteiger partial charge in [-0.2, -0.15) is 0 Å². The van der Waals surface area contributed by atoms with Crippen molar-refractivity contribution < 1.29 is 38.1 Å². The number of hydrogen-bond donors (Lipinski definition) is 0. The van der Waals surface area contributed by atoms with Crippen LogP contribution in [-0.4, -0.2) is 36.5 Å². The molecule has 0 bridgehead atoms. The van der Waals surface area contributed by atoms with Crippen molar-refractivity contribution in [3.63, 3.8) is 0 Å². The molecular weight excluding hydrogens is 320 g/mol. The normalized spacial score (nSPS) is 24.8. The Hall–Kier alpha value is -2.64. The lowest BCUT2D eigenvalue weighted by molar-refractivity contribution is -0.331. The van der Waals surface area contributed by atoms with Crippen LogP contribution >= 0.6 is 0 Å². The van der Waals surface area contributed by atoms with E-state index in [1.807, 2.05) is 0 Å². The van der Waals surface area contributed by atoms with Gasteiger partial charge in [0.2, 0.25) is 0 Å². The van der Waals surface area contributed by atoms with Crippen LogP contribution in [0.1, 0.15) is 34.6 Å². The van der Waals surface area contributed by atoms with Gasteiger partial charge in [-0.25, -0.2) is 9.59 Å². The van der Waals surface area contributed by atoms with Crippen molar-refractivity contribution in [3.05, 3.63) is 23.3 Å². The first kappa shape index (κ1) is 19.4. The molecule has 1 saturated heterocycles. The number of allylic oxidation sites excluding steroid dienone is 1. The molecular formula is C16H20O8. The van der Waals surface area contributed by atoms with Gasteiger partial charge in [0.25, 0.3) is 0 Å². The Bertz CT molecular complexity index is 596. The first-order chi connectivity index (χ1) is 11.1. The molecule has 0 unspecified atom stereocenters. The maximum atomic E-state index is 12.0. The van der Waals surface area contributed by atoms with Crippen molar-refractivity contribution in [2.75, 3.05) is 6.61 Å². The van der Waals surface area contributed by atoms with Crippen LogP contribution in [0.15, 0.2) is 23.3 Å². The Morgan fingerprint density at radius 1 is 1.21 bits per heavy atom. The number of rotatable bonds is 5. The average molecular weight is 340 g/mol. The Morgan fingerprint density at radius 3 is 2.21 bits per heavy atom. The van der Waals surface area contributed by atoms with Crippen LogP contribution in [0, 0.1) is 5.92 Å². The molecule has 1 fully saturated rings. The van der Waals surface area contributed by atoms with E-state index in [0.29, 0.717) is 5.57 Å². The molecule has 1 rings (SSSR count). The number of carbonyl (C=O) groups is 4. The minimum atomic E-state index is -2.19. The molecule has 0 aromatic heterocycles. The second-order valence-electron chi connectivity index (χ2n) is 5.14. The fraction of sp³-hybridized carbons (Fsp3) is 0.500. The molecule has 0 aliphatic carbocycles. The Morgan fingerprint density at radius 2 is 1.75 bits per heavy atom. The van der Waals surface area contributed by atoms with E-state index < -0.39 is 35.8 Å². The fourth-order valence-electron chi connectivity index (χ4n) is 1.87. The monoisotopic (exact) mass is 340 g/mol. The van der Waals surface area contributed by atoms with E-state index in [9.17, 15) is 19.2 Å². The molecule has 1 heterocycles. The van der Waals surface area contributed by atoms with Gasteiger partial charge in [-0.1, -0.05) is 11.6 Å². The van der Waals surface area contributed by atoms with Gasteiger partial charge in [-0.3, -0.25) is 9.59 Å². The molecule has 0 saturated carbocycles. The van der Waals surface area contributed by atoms with Gasteiger partial charge >= 0.3 is 29.9 Å².